The van der Waals surface area contributed by atoms with E-state index in [1.54, 1.807) is 6.92 Å². The molecule has 10 heteroatoms. The second kappa shape index (κ2) is 11.1. The predicted octanol–water partition coefficient (Wildman–Crippen LogP) is 2.83. The zero-order chi connectivity index (χ0) is 24.9. The molecule has 0 bridgehead atoms. The van der Waals surface area contributed by atoms with Crippen LogP contribution in [-0.4, -0.2) is 61.9 Å². The fourth-order valence-electron chi connectivity index (χ4n) is 4.92. The molecule has 1 aliphatic rings. The second-order valence-electron chi connectivity index (χ2n) is 9.16. The van der Waals surface area contributed by atoms with Crippen LogP contribution < -0.4 is 5.56 Å². The Labute approximate surface area is 204 Å². The van der Waals surface area contributed by atoms with E-state index in [-0.39, 0.29) is 24.2 Å². The number of nitrogens with zero attached hydrogens (tertiary/aromatic N) is 5. The van der Waals surface area contributed by atoms with Crippen molar-refractivity contribution in [1.29, 1.82) is 0 Å². The zero-order valence-corrected chi connectivity index (χ0v) is 20.9. The third-order valence-corrected chi connectivity index (χ3v) is 6.48. The minimum Gasteiger partial charge on any atom is -0.465 e. The molecule has 0 unspecified atom stereocenters. The van der Waals surface area contributed by atoms with Crippen molar-refractivity contribution in [2.75, 3.05) is 19.8 Å². The molecule has 2 atom stereocenters. The number of fused-ring (bicyclic) bond motifs is 1. The lowest BCUT2D eigenvalue weighted by Crippen LogP contribution is -2.38. The highest BCUT2D eigenvalue weighted by Gasteiger charge is 2.30. The first-order valence-electron chi connectivity index (χ1n) is 12.3. The van der Waals surface area contributed by atoms with Crippen molar-refractivity contribution in [3.05, 3.63) is 51.1 Å². The molecule has 10 nitrogen and oxygen atoms in total. The molecule has 0 saturated carbocycles. The van der Waals surface area contributed by atoms with Gasteiger partial charge in [0.05, 0.1) is 24.3 Å². The molecule has 3 aromatic rings. The van der Waals surface area contributed by atoms with E-state index in [4.69, 9.17) is 9.47 Å². The maximum atomic E-state index is 13.1. The monoisotopic (exact) mass is 482 g/mol. The SMILES string of the molecule is CCOC(=O)Cn1nnnc1[C@H](CC)N(Cc1cc2cc(C)cc(C)c2[nH]c1=O)C[C@@H]1CCCO1. The molecule has 0 aliphatic carbocycles. The highest BCUT2D eigenvalue weighted by atomic mass is 16.5. The molecule has 3 heterocycles. The van der Waals surface area contributed by atoms with Gasteiger partial charge in [-0.25, -0.2) is 4.68 Å². The first-order chi connectivity index (χ1) is 16.9. The summed E-state index contributed by atoms with van der Waals surface area (Å²) in [6.45, 7) is 9.89. The van der Waals surface area contributed by atoms with Crippen LogP contribution in [0, 0.1) is 13.8 Å². The standard InChI is InChI=1S/C25H34N6O4/c1-5-21(24-27-28-29-31(24)15-22(32)34-6-2)30(14-20-8-7-9-35-20)13-19-12-18-11-16(3)10-17(4)23(18)26-25(19)33/h10-12,20-21H,5-9,13-15H2,1-4H3,(H,26,33)/t20-,21-/m0/s1. The third-order valence-electron chi connectivity index (χ3n) is 6.48. The van der Waals surface area contributed by atoms with Gasteiger partial charge in [-0.3, -0.25) is 14.5 Å². The summed E-state index contributed by atoms with van der Waals surface area (Å²) in [5.74, 6) is 0.181. The Morgan fingerprint density at radius 2 is 2.14 bits per heavy atom. The summed E-state index contributed by atoms with van der Waals surface area (Å²) in [5, 5.41) is 13.1. The first-order valence-corrected chi connectivity index (χ1v) is 12.3. The molecule has 1 N–H and O–H groups in total. The molecule has 35 heavy (non-hydrogen) atoms. The van der Waals surface area contributed by atoms with Gasteiger partial charge < -0.3 is 14.5 Å². The van der Waals surface area contributed by atoms with E-state index >= 15 is 0 Å². The van der Waals surface area contributed by atoms with Crippen molar-refractivity contribution in [2.24, 2.45) is 0 Å². The van der Waals surface area contributed by atoms with Gasteiger partial charge in [-0.05, 0) is 73.5 Å². The van der Waals surface area contributed by atoms with Crippen LogP contribution in [0.3, 0.4) is 0 Å². The van der Waals surface area contributed by atoms with Crippen molar-refractivity contribution in [3.63, 3.8) is 0 Å². The number of hydrogen-bond donors (Lipinski definition) is 1. The van der Waals surface area contributed by atoms with Crippen molar-refractivity contribution < 1.29 is 14.3 Å². The number of nitrogens with one attached hydrogen (secondary N) is 1. The summed E-state index contributed by atoms with van der Waals surface area (Å²) in [6.07, 6.45) is 2.75. The van der Waals surface area contributed by atoms with E-state index < -0.39 is 5.97 Å². The van der Waals surface area contributed by atoms with Crippen molar-refractivity contribution in [1.82, 2.24) is 30.1 Å². The highest BCUT2D eigenvalue weighted by Crippen LogP contribution is 2.27. The topological polar surface area (TPSA) is 115 Å². The quantitative estimate of drug-likeness (QED) is 0.439. The van der Waals surface area contributed by atoms with Gasteiger partial charge in [0.15, 0.2) is 5.82 Å². The summed E-state index contributed by atoms with van der Waals surface area (Å²) in [7, 11) is 0. The average Bonchev–Trinajstić information content (AvgIpc) is 3.48. The van der Waals surface area contributed by atoms with Crippen molar-refractivity contribution in [2.45, 2.75) is 72.2 Å². The second-order valence-corrected chi connectivity index (χ2v) is 9.16. The number of aromatic amines is 1. The predicted molar refractivity (Wildman–Crippen MR) is 131 cm³/mol. The minimum atomic E-state index is -0.390. The minimum absolute atomic E-state index is 0.0600. The van der Waals surface area contributed by atoms with Gasteiger partial charge in [0.25, 0.3) is 5.56 Å². The molecular formula is C25H34N6O4. The zero-order valence-electron chi connectivity index (χ0n) is 20.9. The van der Waals surface area contributed by atoms with Crippen LogP contribution >= 0.6 is 0 Å². The van der Waals surface area contributed by atoms with Crippen LogP contribution in [-0.2, 0) is 27.4 Å². The van der Waals surface area contributed by atoms with Gasteiger partial charge in [0, 0.05) is 25.3 Å². The number of rotatable bonds is 10. The number of H-pyrrole nitrogens is 1. The summed E-state index contributed by atoms with van der Waals surface area (Å²) in [6, 6.07) is 5.92. The Bertz CT molecular complexity index is 1230. The molecule has 188 valence electrons. The molecule has 2 aromatic heterocycles. The molecule has 0 spiro atoms. The number of pyridine rings is 1. The number of benzene rings is 1. The van der Waals surface area contributed by atoms with Crippen LogP contribution in [0.2, 0.25) is 0 Å². The Kier molecular flexibility index (Phi) is 7.92. The van der Waals surface area contributed by atoms with E-state index in [0.29, 0.717) is 37.5 Å². The van der Waals surface area contributed by atoms with Crippen LogP contribution in [0.4, 0.5) is 0 Å². The molecule has 1 saturated heterocycles. The number of aromatic nitrogens is 5. The molecule has 1 aliphatic heterocycles. The Hall–Kier alpha value is -3.11. The number of aryl methyl sites for hydroxylation is 2. The number of tetrazole rings is 1. The van der Waals surface area contributed by atoms with Crippen LogP contribution in [0.15, 0.2) is 23.0 Å². The Balaban J connectivity index is 1.68. The van der Waals surface area contributed by atoms with Gasteiger partial charge in [-0.2, -0.15) is 0 Å². The van der Waals surface area contributed by atoms with E-state index in [1.807, 2.05) is 19.9 Å². The van der Waals surface area contributed by atoms with E-state index in [9.17, 15) is 9.59 Å². The molecule has 1 fully saturated rings. The Morgan fingerprint density at radius 1 is 1.31 bits per heavy atom. The van der Waals surface area contributed by atoms with Gasteiger partial charge in [0.2, 0.25) is 0 Å². The first kappa shape index (κ1) is 25.0. The molecule has 1 aromatic carbocycles. The summed E-state index contributed by atoms with van der Waals surface area (Å²) < 4.78 is 12.5. The molecule has 4 rings (SSSR count). The van der Waals surface area contributed by atoms with Crippen LogP contribution in [0.25, 0.3) is 10.9 Å². The summed E-state index contributed by atoms with van der Waals surface area (Å²) in [4.78, 5) is 30.5. The maximum Gasteiger partial charge on any atom is 0.327 e. The van der Waals surface area contributed by atoms with Crippen molar-refractivity contribution in [3.8, 4) is 0 Å². The number of carbonyl (C=O) groups excluding carboxylic acids is 1. The fourth-order valence-corrected chi connectivity index (χ4v) is 4.92. The lowest BCUT2D eigenvalue weighted by Gasteiger charge is -2.32. The number of ether oxygens (including phenoxy) is 2. The normalized spacial score (nSPS) is 16.8. The molecular weight excluding hydrogens is 448 g/mol. The van der Waals surface area contributed by atoms with E-state index in [0.717, 1.165) is 41.5 Å². The smallest absolute Gasteiger partial charge is 0.327 e. The number of esters is 1. The lowest BCUT2D eigenvalue weighted by atomic mass is 10.0. The van der Waals surface area contributed by atoms with Crippen LogP contribution in [0.1, 0.15) is 61.7 Å². The number of carbonyl (C=O) groups is 1. The van der Waals surface area contributed by atoms with Crippen LogP contribution in [0.5, 0.6) is 0 Å². The summed E-state index contributed by atoms with van der Waals surface area (Å²) in [5.41, 5.74) is 3.62. The number of hydrogen-bond acceptors (Lipinski definition) is 8. The maximum absolute atomic E-state index is 13.1. The van der Waals surface area contributed by atoms with Gasteiger partial charge >= 0.3 is 5.97 Å². The lowest BCUT2D eigenvalue weighted by molar-refractivity contribution is -0.144. The summed E-state index contributed by atoms with van der Waals surface area (Å²) >= 11 is 0. The highest BCUT2D eigenvalue weighted by molar-refractivity contribution is 5.82. The van der Waals surface area contributed by atoms with E-state index in [2.05, 4.69) is 44.5 Å². The molecule has 0 amide bonds. The van der Waals surface area contributed by atoms with Gasteiger partial charge in [-0.15, -0.1) is 5.10 Å². The average molecular weight is 483 g/mol. The van der Waals surface area contributed by atoms with E-state index in [1.165, 1.54) is 4.68 Å². The fraction of sp³-hybridized carbons (Fsp3) is 0.560. The third kappa shape index (κ3) is 5.76. The van der Waals surface area contributed by atoms with Gasteiger partial charge in [-0.1, -0.05) is 18.6 Å². The Morgan fingerprint density at radius 3 is 2.86 bits per heavy atom. The molecule has 0 radical (unpaired) electrons. The van der Waals surface area contributed by atoms with Crippen molar-refractivity contribution >= 4 is 16.9 Å². The van der Waals surface area contributed by atoms with Gasteiger partial charge in [0.1, 0.15) is 6.54 Å². The largest absolute Gasteiger partial charge is 0.465 e.